The molecule has 0 atom stereocenters. The van der Waals surface area contributed by atoms with E-state index in [1.54, 1.807) is 0 Å². The molecule has 0 saturated carbocycles. The van der Waals surface area contributed by atoms with E-state index < -0.39 is 9.84 Å². The Morgan fingerprint density at radius 3 is 2.67 bits per heavy atom. The van der Waals surface area contributed by atoms with Crippen molar-refractivity contribution in [3.63, 3.8) is 0 Å². The first-order valence-corrected chi connectivity index (χ1v) is 8.28. The van der Waals surface area contributed by atoms with Crippen LogP contribution < -0.4 is 11.3 Å². The van der Waals surface area contributed by atoms with Crippen molar-refractivity contribution in [2.75, 3.05) is 31.1 Å². The smallest absolute Gasteiger partial charge is 0.233 e. The van der Waals surface area contributed by atoms with E-state index in [1.807, 2.05) is 0 Å². The fourth-order valence-corrected chi connectivity index (χ4v) is 3.39. The number of nitrogens with two attached hydrogens (primary N) is 1. The third kappa shape index (κ3) is 6.32. The molecule has 1 heterocycles. The quantitative estimate of drug-likeness (QED) is 0.300. The molecule has 7 heteroatoms. The number of hydrogen-bond donors (Lipinski definition) is 2. The number of hydrogen-bond acceptors (Lipinski definition) is 5. The summed E-state index contributed by atoms with van der Waals surface area (Å²) in [6, 6.07) is 0. The van der Waals surface area contributed by atoms with Crippen molar-refractivity contribution in [2.24, 2.45) is 5.84 Å². The Labute approximate surface area is 109 Å². The van der Waals surface area contributed by atoms with Crippen molar-refractivity contribution in [1.29, 1.82) is 0 Å². The summed E-state index contributed by atoms with van der Waals surface area (Å²) in [5, 5.41) is 0. The zero-order chi connectivity index (χ0) is 13.4. The second-order valence-corrected chi connectivity index (χ2v) is 7.03. The lowest BCUT2D eigenvalue weighted by atomic mass is 10.2. The van der Waals surface area contributed by atoms with Gasteiger partial charge in [0, 0.05) is 13.0 Å². The summed E-state index contributed by atoms with van der Waals surface area (Å²) < 4.78 is 22.8. The molecule has 1 aliphatic rings. The molecule has 0 aliphatic carbocycles. The van der Waals surface area contributed by atoms with Gasteiger partial charge in [0.05, 0.1) is 11.5 Å². The first kappa shape index (κ1) is 15.4. The third-order valence-corrected chi connectivity index (χ3v) is 4.90. The highest BCUT2D eigenvalue weighted by atomic mass is 32.2. The van der Waals surface area contributed by atoms with E-state index in [9.17, 15) is 13.2 Å². The Hall–Kier alpha value is -0.660. The lowest BCUT2D eigenvalue weighted by Gasteiger charge is -2.18. The molecule has 1 rings (SSSR count). The summed E-state index contributed by atoms with van der Waals surface area (Å²) >= 11 is 0. The number of nitrogens with zero attached hydrogens (tertiary/aromatic N) is 1. The monoisotopic (exact) mass is 277 g/mol. The SMILES string of the molecule is NNC(=O)CCCCCN1CCCS(=O)(=O)CC1. The maximum absolute atomic E-state index is 11.4. The maximum Gasteiger partial charge on any atom is 0.233 e. The molecule has 0 unspecified atom stereocenters. The highest BCUT2D eigenvalue weighted by molar-refractivity contribution is 7.91. The number of nitrogens with one attached hydrogen (secondary N) is 1. The van der Waals surface area contributed by atoms with Gasteiger partial charge in [-0.15, -0.1) is 0 Å². The molecule has 1 fully saturated rings. The van der Waals surface area contributed by atoms with E-state index in [0.717, 1.165) is 38.8 Å². The predicted molar refractivity (Wildman–Crippen MR) is 70.5 cm³/mol. The summed E-state index contributed by atoms with van der Waals surface area (Å²) in [4.78, 5) is 13.1. The van der Waals surface area contributed by atoms with Gasteiger partial charge < -0.3 is 4.90 Å². The van der Waals surface area contributed by atoms with Crippen LogP contribution in [-0.2, 0) is 14.6 Å². The Morgan fingerprint density at radius 2 is 1.94 bits per heavy atom. The van der Waals surface area contributed by atoms with Crippen molar-refractivity contribution in [2.45, 2.75) is 32.1 Å². The predicted octanol–water partition coefficient (Wildman–Crippen LogP) is -0.343. The highest BCUT2D eigenvalue weighted by Crippen LogP contribution is 2.07. The lowest BCUT2D eigenvalue weighted by Crippen LogP contribution is -2.30. The van der Waals surface area contributed by atoms with Crippen LogP contribution in [-0.4, -0.2) is 50.4 Å². The van der Waals surface area contributed by atoms with E-state index in [4.69, 9.17) is 5.84 Å². The average molecular weight is 277 g/mol. The van der Waals surface area contributed by atoms with E-state index in [0.29, 0.717) is 18.7 Å². The summed E-state index contributed by atoms with van der Waals surface area (Å²) in [6.07, 6.45) is 3.99. The van der Waals surface area contributed by atoms with Gasteiger partial charge in [-0.25, -0.2) is 14.3 Å². The van der Waals surface area contributed by atoms with Gasteiger partial charge in [-0.3, -0.25) is 10.2 Å². The minimum Gasteiger partial charge on any atom is -0.302 e. The van der Waals surface area contributed by atoms with Gasteiger partial charge in [-0.05, 0) is 32.4 Å². The molecule has 6 nitrogen and oxygen atoms in total. The molecule has 18 heavy (non-hydrogen) atoms. The number of carbonyl (C=O) groups is 1. The van der Waals surface area contributed by atoms with Crippen LogP contribution in [0.2, 0.25) is 0 Å². The first-order chi connectivity index (χ1) is 8.53. The van der Waals surface area contributed by atoms with Gasteiger partial charge in [0.15, 0.2) is 9.84 Å². The van der Waals surface area contributed by atoms with Crippen LogP contribution in [0.1, 0.15) is 32.1 Å². The molecule has 1 amide bonds. The molecule has 0 bridgehead atoms. The number of unbranched alkanes of at least 4 members (excludes halogenated alkanes) is 2. The third-order valence-electron chi connectivity index (χ3n) is 3.19. The van der Waals surface area contributed by atoms with Crippen LogP contribution in [0.15, 0.2) is 0 Å². The Balaban J connectivity index is 2.11. The van der Waals surface area contributed by atoms with E-state index in [2.05, 4.69) is 10.3 Å². The molecule has 0 aromatic carbocycles. The summed E-state index contributed by atoms with van der Waals surface area (Å²) in [5.74, 6) is 5.45. The molecule has 3 N–H and O–H groups in total. The van der Waals surface area contributed by atoms with Crippen molar-refractivity contribution < 1.29 is 13.2 Å². The summed E-state index contributed by atoms with van der Waals surface area (Å²) in [7, 11) is -2.81. The fraction of sp³-hybridized carbons (Fsp3) is 0.909. The number of sulfone groups is 1. The molecule has 0 aromatic rings. The Bertz CT molecular complexity index is 357. The van der Waals surface area contributed by atoms with Crippen molar-refractivity contribution in [3.05, 3.63) is 0 Å². The van der Waals surface area contributed by atoms with Gasteiger partial charge in [0.25, 0.3) is 0 Å². The lowest BCUT2D eigenvalue weighted by molar-refractivity contribution is -0.121. The Morgan fingerprint density at radius 1 is 1.17 bits per heavy atom. The maximum atomic E-state index is 11.4. The zero-order valence-electron chi connectivity index (χ0n) is 10.7. The van der Waals surface area contributed by atoms with Gasteiger partial charge in [-0.2, -0.15) is 0 Å². The molecule has 0 spiro atoms. The molecule has 0 radical (unpaired) electrons. The second-order valence-electron chi connectivity index (χ2n) is 4.73. The van der Waals surface area contributed by atoms with Crippen LogP contribution in [0.25, 0.3) is 0 Å². The van der Waals surface area contributed by atoms with Crippen molar-refractivity contribution in [3.8, 4) is 0 Å². The molecular formula is C11H23N3O3S. The molecule has 106 valence electrons. The van der Waals surface area contributed by atoms with Gasteiger partial charge in [0.2, 0.25) is 5.91 Å². The average Bonchev–Trinajstić information content (AvgIpc) is 2.50. The number of hydrazine groups is 1. The minimum atomic E-state index is -2.81. The van der Waals surface area contributed by atoms with Gasteiger partial charge in [-0.1, -0.05) is 6.42 Å². The second kappa shape index (κ2) is 7.70. The highest BCUT2D eigenvalue weighted by Gasteiger charge is 2.18. The zero-order valence-corrected chi connectivity index (χ0v) is 11.5. The van der Waals surface area contributed by atoms with Crippen LogP contribution >= 0.6 is 0 Å². The largest absolute Gasteiger partial charge is 0.302 e. The molecule has 1 aliphatic heterocycles. The fourth-order valence-electron chi connectivity index (χ4n) is 2.08. The Kier molecular flexibility index (Phi) is 6.59. The van der Waals surface area contributed by atoms with Gasteiger partial charge >= 0.3 is 0 Å². The van der Waals surface area contributed by atoms with Crippen molar-refractivity contribution >= 4 is 15.7 Å². The van der Waals surface area contributed by atoms with E-state index >= 15 is 0 Å². The van der Waals surface area contributed by atoms with E-state index in [-0.39, 0.29) is 11.7 Å². The van der Waals surface area contributed by atoms with Crippen LogP contribution in [0, 0.1) is 0 Å². The standard InChI is InChI=1S/C11H23N3O3S/c12-13-11(15)5-2-1-3-6-14-7-4-9-18(16,17)10-8-14/h1-10,12H2,(H,13,15). The topological polar surface area (TPSA) is 92.5 Å². The number of rotatable bonds is 6. The summed E-state index contributed by atoms with van der Waals surface area (Å²) in [6.45, 7) is 2.42. The molecule has 0 aromatic heterocycles. The number of carbonyl (C=O) groups excluding carboxylic acids is 1. The molecule has 1 saturated heterocycles. The van der Waals surface area contributed by atoms with E-state index in [1.165, 1.54) is 0 Å². The van der Waals surface area contributed by atoms with Gasteiger partial charge in [0.1, 0.15) is 0 Å². The normalized spacial score (nSPS) is 20.3. The summed E-state index contributed by atoms with van der Waals surface area (Å²) in [5.41, 5.74) is 2.11. The van der Waals surface area contributed by atoms with Crippen LogP contribution in [0.5, 0.6) is 0 Å². The number of amides is 1. The minimum absolute atomic E-state index is 0.129. The van der Waals surface area contributed by atoms with Crippen molar-refractivity contribution in [1.82, 2.24) is 10.3 Å². The van der Waals surface area contributed by atoms with Crippen LogP contribution in [0.3, 0.4) is 0 Å². The van der Waals surface area contributed by atoms with Crippen LogP contribution in [0.4, 0.5) is 0 Å². The molecular weight excluding hydrogens is 254 g/mol. The first-order valence-electron chi connectivity index (χ1n) is 6.46.